The molecule has 2 aliphatic heterocycles. The Hall–Kier alpha value is -2.20. The summed E-state index contributed by atoms with van der Waals surface area (Å²) < 4.78 is 16.2. The molecule has 9 heteroatoms. The first-order valence-electron chi connectivity index (χ1n) is 10.4. The van der Waals surface area contributed by atoms with Crippen LogP contribution in [-0.4, -0.2) is 70.1 Å². The predicted octanol–water partition coefficient (Wildman–Crippen LogP) is 1.14. The maximum absolute atomic E-state index is 11.6. The van der Waals surface area contributed by atoms with Crippen LogP contribution in [0.1, 0.15) is 29.2 Å². The number of carbonyl (C=O) groups is 1. The number of hydrogen-bond acceptors (Lipinski definition) is 8. The highest BCUT2D eigenvalue weighted by Crippen LogP contribution is 2.34. The maximum Gasteiger partial charge on any atom is 0.347 e. The van der Waals surface area contributed by atoms with E-state index >= 15 is 0 Å². The van der Waals surface area contributed by atoms with Crippen LogP contribution in [0.3, 0.4) is 0 Å². The van der Waals surface area contributed by atoms with Crippen molar-refractivity contribution in [2.24, 2.45) is 0 Å². The molecule has 4 N–H and O–H groups in total. The molecule has 0 bridgehead atoms. The van der Waals surface area contributed by atoms with Crippen LogP contribution in [0.4, 0.5) is 0 Å². The average Bonchev–Trinajstić information content (AvgIpc) is 3.19. The summed E-state index contributed by atoms with van der Waals surface area (Å²) in [6.07, 6.45) is -5.70. The molecule has 2 heterocycles. The van der Waals surface area contributed by atoms with Gasteiger partial charge in [0.1, 0.15) is 36.3 Å². The summed E-state index contributed by atoms with van der Waals surface area (Å²) >= 11 is 6.38. The molecule has 0 saturated carbocycles. The Morgan fingerprint density at radius 1 is 1.03 bits per heavy atom. The van der Waals surface area contributed by atoms with E-state index in [1.54, 1.807) is 30.3 Å². The molecular weight excluding hydrogens is 440 g/mol. The Bertz CT molecular complexity index is 948. The Labute approximate surface area is 189 Å². The van der Waals surface area contributed by atoms with Crippen LogP contribution in [-0.2, 0) is 20.7 Å². The van der Waals surface area contributed by atoms with E-state index in [-0.39, 0.29) is 5.97 Å². The van der Waals surface area contributed by atoms with Crippen molar-refractivity contribution in [1.82, 2.24) is 0 Å². The molecule has 2 unspecified atom stereocenters. The molecule has 172 valence electrons. The first-order chi connectivity index (χ1) is 15.4. The van der Waals surface area contributed by atoms with Crippen molar-refractivity contribution in [2.75, 3.05) is 13.2 Å². The van der Waals surface area contributed by atoms with Gasteiger partial charge in [0.2, 0.25) is 0 Å². The molecule has 2 aliphatic rings. The minimum atomic E-state index is -1.45. The van der Waals surface area contributed by atoms with E-state index in [4.69, 9.17) is 25.8 Å². The predicted molar refractivity (Wildman–Crippen MR) is 113 cm³/mol. The molecule has 32 heavy (non-hydrogen) atoms. The lowest BCUT2D eigenvalue weighted by molar-refractivity contribution is -0.231. The largest absolute Gasteiger partial charge is 0.479 e. The first kappa shape index (κ1) is 23.0. The Balaban J connectivity index is 1.49. The highest BCUT2D eigenvalue weighted by Gasteiger charge is 2.44. The second-order valence-corrected chi connectivity index (χ2v) is 8.39. The average molecular weight is 465 g/mol. The zero-order chi connectivity index (χ0) is 22.8. The number of benzene rings is 2. The number of carbonyl (C=O) groups excluding carboxylic acids is 1. The molecule has 2 aromatic carbocycles. The molecular formula is C23H25ClO8. The lowest BCUT2D eigenvalue weighted by atomic mass is 9.90. The van der Waals surface area contributed by atoms with Gasteiger partial charge in [0.25, 0.3) is 0 Å². The fraction of sp³-hybridized carbons (Fsp3) is 0.435. The van der Waals surface area contributed by atoms with Crippen LogP contribution < -0.4 is 4.74 Å². The summed E-state index contributed by atoms with van der Waals surface area (Å²) in [6.45, 7) is -0.125. The topological polar surface area (TPSA) is 126 Å². The SMILES string of the molecule is O=C1OCCC1Oc1ccc(Cc2cc([C@@H]3OC(CO)[C@@H](O)[C@H](O)[C@H]3O)ccc2Cl)cc1. The third-order valence-electron chi connectivity index (χ3n) is 5.77. The zero-order valence-electron chi connectivity index (χ0n) is 17.1. The molecule has 0 aliphatic carbocycles. The number of cyclic esters (lactones) is 1. The van der Waals surface area contributed by atoms with E-state index in [1.807, 2.05) is 12.1 Å². The summed E-state index contributed by atoms with van der Waals surface area (Å²) in [6, 6.07) is 12.4. The van der Waals surface area contributed by atoms with Gasteiger partial charge in [-0.1, -0.05) is 35.9 Å². The van der Waals surface area contributed by atoms with Crippen LogP contribution in [0.25, 0.3) is 0 Å². The van der Waals surface area contributed by atoms with Gasteiger partial charge < -0.3 is 34.6 Å². The van der Waals surface area contributed by atoms with E-state index in [2.05, 4.69) is 0 Å². The normalized spacial score (nSPS) is 30.2. The standard InChI is InChI=1S/C23H25ClO8/c24-16-6-3-13(22-21(28)20(27)19(26)18(11-25)32-22)10-14(16)9-12-1-4-15(5-2-12)31-17-7-8-30-23(17)29/h1-6,10,17-22,25-28H,7-9,11H2/t17?,18?,19-,20+,21-,22+/m1/s1. The van der Waals surface area contributed by atoms with Crippen molar-refractivity contribution >= 4 is 17.6 Å². The summed E-state index contributed by atoms with van der Waals surface area (Å²) in [4.78, 5) is 11.6. The van der Waals surface area contributed by atoms with Gasteiger partial charge in [-0.3, -0.25) is 0 Å². The zero-order valence-corrected chi connectivity index (χ0v) is 17.9. The molecule has 0 radical (unpaired) electrons. The third-order valence-corrected chi connectivity index (χ3v) is 6.14. The van der Waals surface area contributed by atoms with Gasteiger partial charge in [0, 0.05) is 11.4 Å². The molecule has 4 rings (SSSR count). The van der Waals surface area contributed by atoms with Crippen molar-refractivity contribution in [3.8, 4) is 5.75 Å². The number of aliphatic hydroxyl groups is 4. The number of rotatable bonds is 6. The minimum Gasteiger partial charge on any atom is -0.479 e. The summed E-state index contributed by atoms with van der Waals surface area (Å²) in [5, 5.41) is 40.4. The van der Waals surface area contributed by atoms with Crippen molar-refractivity contribution in [3.05, 3.63) is 64.2 Å². The Morgan fingerprint density at radius 2 is 1.78 bits per heavy atom. The summed E-state index contributed by atoms with van der Waals surface area (Å²) in [5.74, 6) is 0.213. The maximum atomic E-state index is 11.6. The van der Waals surface area contributed by atoms with Gasteiger partial charge in [-0.2, -0.15) is 0 Å². The van der Waals surface area contributed by atoms with Crippen LogP contribution in [0.5, 0.6) is 5.75 Å². The number of ether oxygens (including phenoxy) is 3. The minimum absolute atomic E-state index is 0.356. The summed E-state index contributed by atoms with van der Waals surface area (Å²) in [5.41, 5.74) is 2.29. The molecule has 2 fully saturated rings. The monoisotopic (exact) mass is 464 g/mol. The van der Waals surface area contributed by atoms with E-state index in [0.717, 1.165) is 11.1 Å². The van der Waals surface area contributed by atoms with Crippen LogP contribution in [0, 0.1) is 0 Å². The van der Waals surface area contributed by atoms with E-state index in [0.29, 0.717) is 35.8 Å². The van der Waals surface area contributed by atoms with Gasteiger partial charge in [0.15, 0.2) is 6.10 Å². The highest BCUT2D eigenvalue weighted by atomic mass is 35.5. The fourth-order valence-electron chi connectivity index (χ4n) is 3.94. The van der Waals surface area contributed by atoms with Crippen LogP contribution in [0.15, 0.2) is 42.5 Å². The molecule has 0 amide bonds. The number of aliphatic hydroxyl groups excluding tert-OH is 4. The van der Waals surface area contributed by atoms with Crippen molar-refractivity contribution in [2.45, 2.75) is 49.5 Å². The molecule has 0 aromatic heterocycles. The third kappa shape index (κ3) is 4.76. The molecule has 0 spiro atoms. The fourth-order valence-corrected chi connectivity index (χ4v) is 4.12. The van der Waals surface area contributed by atoms with Gasteiger partial charge >= 0.3 is 5.97 Å². The molecule has 6 atom stereocenters. The highest BCUT2D eigenvalue weighted by molar-refractivity contribution is 6.31. The van der Waals surface area contributed by atoms with Crippen molar-refractivity contribution < 1.29 is 39.4 Å². The van der Waals surface area contributed by atoms with E-state index < -0.39 is 43.2 Å². The second kappa shape index (κ2) is 9.74. The quantitative estimate of drug-likeness (QED) is 0.469. The lowest BCUT2D eigenvalue weighted by Gasteiger charge is -2.40. The molecule has 2 aromatic rings. The molecule has 8 nitrogen and oxygen atoms in total. The first-order valence-corrected chi connectivity index (χ1v) is 10.8. The van der Waals surface area contributed by atoms with Gasteiger partial charge in [-0.05, 0) is 41.3 Å². The smallest absolute Gasteiger partial charge is 0.347 e. The van der Waals surface area contributed by atoms with Gasteiger partial charge in [-0.15, -0.1) is 0 Å². The van der Waals surface area contributed by atoms with Crippen LogP contribution in [0.2, 0.25) is 5.02 Å². The lowest BCUT2D eigenvalue weighted by Crippen LogP contribution is -2.55. The van der Waals surface area contributed by atoms with Crippen LogP contribution >= 0.6 is 11.6 Å². The van der Waals surface area contributed by atoms with E-state index in [1.165, 1.54) is 0 Å². The number of esters is 1. The van der Waals surface area contributed by atoms with Gasteiger partial charge in [-0.25, -0.2) is 4.79 Å². The van der Waals surface area contributed by atoms with Crippen molar-refractivity contribution in [3.63, 3.8) is 0 Å². The van der Waals surface area contributed by atoms with E-state index in [9.17, 15) is 25.2 Å². The number of halogens is 1. The van der Waals surface area contributed by atoms with Crippen molar-refractivity contribution in [1.29, 1.82) is 0 Å². The second-order valence-electron chi connectivity index (χ2n) is 7.98. The number of hydrogen-bond donors (Lipinski definition) is 4. The Morgan fingerprint density at radius 3 is 2.44 bits per heavy atom. The van der Waals surface area contributed by atoms with Gasteiger partial charge in [0.05, 0.1) is 13.2 Å². The Kier molecular flexibility index (Phi) is 6.99. The molecule has 2 saturated heterocycles. The summed E-state index contributed by atoms with van der Waals surface area (Å²) in [7, 11) is 0.